The number of halogens is 3. The number of pyridine rings is 1. The van der Waals surface area contributed by atoms with E-state index >= 15 is 0 Å². The maximum absolute atomic E-state index is 14.4. The average molecular weight is 703 g/mol. The van der Waals surface area contributed by atoms with E-state index in [0.29, 0.717) is 55.0 Å². The van der Waals surface area contributed by atoms with Gasteiger partial charge in [0.1, 0.15) is 35.6 Å². The summed E-state index contributed by atoms with van der Waals surface area (Å²) < 4.78 is 47.9. The molecule has 266 valence electrons. The zero-order valence-electron chi connectivity index (χ0n) is 28.4. The molecular formula is C36H37F3N8O4. The van der Waals surface area contributed by atoms with Gasteiger partial charge in [0.25, 0.3) is 0 Å². The molecular weight excluding hydrogens is 665 g/mol. The molecule has 0 unspecified atom stereocenters. The summed E-state index contributed by atoms with van der Waals surface area (Å²) in [6.07, 6.45) is 4.31. The molecule has 2 aliphatic heterocycles. The van der Waals surface area contributed by atoms with Crippen LogP contribution < -0.4 is 10.6 Å². The number of ether oxygens (including phenoxy) is 1. The van der Waals surface area contributed by atoms with Gasteiger partial charge in [-0.3, -0.25) is 19.1 Å². The van der Waals surface area contributed by atoms with Crippen LogP contribution >= 0.6 is 0 Å². The third-order valence-electron chi connectivity index (χ3n) is 9.87. The number of aromatic nitrogens is 5. The molecule has 3 aliphatic rings. The van der Waals surface area contributed by atoms with Crippen LogP contribution in [0, 0.1) is 19.3 Å². The molecule has 0 spiro atoms. The van der Waals surface area contributed by atoms with Gasteiger partial charge in [-0.2, -0.15) is 18.3 Å². The van der Waals surface area contributed by atoms with Crippen LogP contribution in [0.5, 0.6) is 0 Å². The number of rotatable bonds is 4. The first-order valence-corrected chi connectivity index (χ1v) is 16.8. The summed E-state index contributed by atoms with van der Waals surface area (Å²) in [6, 6.07) is 4.61. The fourth-order valence-corrected chi connectivity index (χ4v) is 7.19. The number of nitrogens with one attached hydrogen (secondary N) is 2. The lowest BCUT2D eigenvalue weighted by atomic mass is 10.00. The second-order valence-corrected chi connectivity index (χ2v) is 13.5. The molecule has 2 N–H and O–H groups in total. The van der Waals surface area contributed by atoms with Crippen LogP contribution in [-0.4, -0.2) is 79.1 Å². The topological polar surface area (TPSA) is 144 Å². The second kappa shape index (κ2) is 13.3. The maximum Gasteiger partial charge on any atom is 0.433 e. The van der Waals surface area contributed by atoms with Crippen molar-refractivity contribution in [2.75, 3.05) is 25.1 Å². The van der Waals surface area contributed by atoms with Crippen molar-refractivity contribution >= 4 is 34.3 Å². The summed E-state index contributed by atoms with van der Waals surface area (Å²) in [5.41, 5.74) is 1.87. The summed E-state index contributed by atoms with van der Waals surface area (Å²) >= 11 is 0. The number of alkyl halides is 3. The van der Waals surface area contributed by atoms with E-state index in [2.05, 4.69) is 30.7 Å². The lowest BCUT2D eigenvalue weighted by Crippen LogP contribution is -2.47. The summed E-state index contributed by atoms with van der Waals surface area (Å²) in [5, 5.41) is 11.2. The average Bonchev–Trinajstić information content (AvgIpc) is 3.48. The Kier molecular flexibility index (Phi) is 8.96. The highest BCUT2D eigenvalue weighted by Crippen LogP contribution is 2.60. The van der Waals surface area contributed by atoms with Crippen LogP contribution in [0.3, 0.4) is 0 Å². The van der Waals surface area contributed by atoms with Crippen LogP contribution in [-0.2, 0) is 33.6 Å². The molecule has 1 saturated heterocycles. The molecule has 1 aromatic carbocycles. The van der Waals surface area contributed by atoms with E-state index < -0.39 is 35.1 Å². The van der Waals surface area contributed by atoms with Gasteiger partial charge in [-0.25, -0.2) is 15.0 Å². The molecule has 5 heterocycles. The molecule has 4 aromatic rings. The largest absolute Gasteiger partial charge is 0.433 e. The van der Waals surface area contributed by atoms with E-state index in [1.54, 1.807) is 26.2 Å². The zero-order chi connectivity index (χ0) is 36.1. The molecule has 2 amide bonds. The monoisotopic (exact) mass is 702 g/mol. The summed E-state index contributed by atoms with van der Waals surface area (Å²) in [7, 11) is 0. The first kappa shape index (κ1) is 34.4. The lowest BCUT2D eigenvalue weighted by molar-refractivity contribution is -0.141. The highest BCUT2D eigenvalue weighted by atomic mass is 19.4. The van der Waals surface area contributed by atoms with Gasteiger partial charge in [-0.05, 0) is 74.5 Å². The SMILES string of the molecule is CC(=O)c1nn2c3c(cc(-c4cnc(C)nc4)cc13)CNCC/C=C/COC[C@@]13C[C@@H](C(=O)Nc4nc(C(F)(F)F)ccc4C)N(C(=O)C2)[C@@H]1C3. The number of anilines is 1. The Morgan fingerprint density at radius 3 is 2.61 bits per heavy atom. The molecule has 3 aromatic heterocycles. The quantitative estimate of drug-likeness (QED) is 0.227. The summed E-state index contributed by atoms with van der Waals surface area (Å²) in [5.74, 6) is -0.926. The fraction of sp³-hybridized carbons (Fsp3) is 0.417. The smallest absolute Gasteiger partial charge is 0.377 e. The van der Waals surface area contributed by atoms with Crippen LogP contribution in [0.2, 0.25) is 0 Å². The van der Waals surface area contributed by atoms with Crippen LogP contribution in [0.4, 0.5) is 19.0 Å². The van der Waals surface area contributed by atoms with Crippen LogP contribution in [0.1, 0.15) is 59.3 Å². The van der Waals surface area contributed by atoms with E-state index in [1.807, 2.05) is 24.3 Å². The van der Waals surface area contributed by atoms with Crippen LogP contribution in [0.25, 0.3) is 22.0 Å². The number of ketones is 1. The van der Waals surface area contributed by atoms with Crippen molar-refractivity contribution in [3.63, 3.8) is 0 Å². The van der Waals surface area contributed by atoms with Gasteiger partial charge in [0.15, 0.2) is 5.78 Å². The number of benzene rings is 1. The van der Waals surface area contributed by atoms with Gasteiger partial charge in [-0.15, -0.1) is 0 Å². The fourth-order valence-electron chi connectivity index (χ4n) is 7.19. The van der Waals surface area contributed by atoms with Crippen molar-refractivity contribution in [2.45, 2.75) is 71.4 Å². The Bertz CT molecular complexity index is 2060. The molecule has 3 atom stereocenters. The molecule has 51 heavy (non-hydrogen) atoms. The third-order valence-corrected chi connectivity index (χ3v) is 9.87. The molecule has 12 nitrogen and oxygen atoms in total. The molecule has 0 radical (unpaired) electrons. The Hall–Kier alpha value is -5.02. The van der Waals surface area contributed by atoms with Gasteiger partial charge in [0.05, 0.1) is 18.7 Å². The van der Waals surface area contributed by atoms with Gasteiger partial charge >= 0.3 is 6.18 Å². The Morgan fingerprint density at radius 2 is 1.86 bits per heavy atom. The summed E-state index contributed by atoms with van der Waals surface area (Å²) in [6.45, 7) is 6.23. The molecule has 7 rings (SSSR count). The van der Waals surface area contributed by atoms with Crippen molar-refractivity contribution in [1.29, 1.82) is 0 Å². The Labute approximate surface area is 291 Å². The van der Waals surface area contributed by atoms with Crippen molar-refractivity contribution < 1.29 is 32.3 Å². The number of carbonyl (C=O) groups excluding carboxylic acids is 3. The first-order chi connectivity index (χ1) is 24.3. The van der Waals surface area contributed by atoms with Gasteiger partial charge in [0.2, 0.25) is 11.8 Å². The highest BCUT2D eigenvalue weighted by Gasteiger charge is 2.67. The molecule has 2 bridgehead atoms. The molecule has 1 aliphatic carbocycles. The Morgan fingerprint density at radius 1 is 1.08 bits per heavy atom. The minimum atomic E-state index is -4.70. The standard InChI is InChI=1S/C36H37F3N8O4/c1-20-7-8-28(36(37,38)39)43-33(20)44-34(50)27-13-35-14-29(35)47(27)30(49)18-46-32-24(15-40-9-5-4-6-10-51-19-35)11-23(25-16-41-22(3)42-17-25)12-26(32)31(45-46)21(2)48/h4,6-8,11-12,16-17,27,29,40H,5,9-10,13-15,18-19H2,1-3H3,(H,43,44,50)/b6-4+/t27-,29+,35-/m0/s1. The van der Waals surface area contributed by atoms with Crippen molar-refractivity contribution in [2.24, 2.45) is 5.41 Å². The first-order valence-electron chi connectivity index (χ1n) is 16.8. The zero-order valence-corrected chi connectivity index (χ0v) is 28.4. The van der Waals surface area contributed by atoms with E-state index in [4.69, 9.17) is 4.74 Å². The molecule has 2 fully saturated rings. The van der Waals surface area contributed by atoms with E-state index in [-0.39, 0.29) is 36.3 Å². The minimum absolute atomic E-state index is 0.197. The number of amides is 2. The normalized spacial score (nSPS) is 23.1. The Balaban J connectivity index is 1.27. The molecule has 1 saturated carbocycles. The lowest BCUT2D eigenvalue weighted by Gasteiger charge is -2.27. The van der Waals surface area contributed by atoms with Crippen molar-refractivity contribution in [3.8, 4) is 11.1 Å². The number of hydrogen-bond donors (Lipinski definition) is 2. The van der Waals surface area contributed by atoms with Gasteiger partial charge < -0.3 is 20.3 Å². The number of nitrogens with zero attached hydrogens (tertiary/aromatic N) is 6. The minimum Gasteiger partial charge on any atom is -0.377 e. The van der Waals surface area contributed by atoms with Crippen molar-refractivity contribution in [3.05, 3.63) is 77.2 Å². The predicted molar refractivity (Wildman–Crippen MR) is 180 cm³/mol. The highest BCUT2D eigenvalue weighted by molar-refractivity contribution is 6.07. The number of carbonyl (C=O) groups is 3. The van der Waals surface area contributed by atoms with Gasteiger partial charge in [0, 0.05) is 48.3 Å². The molecule has 15 heteroatoms. The van der Waals surface area contributed by atoms with Crippen LogP contribution in [0.15, 0.2) is 48.8 Å². The number of aryl methyl sites for hydroxylation is 2. The van der Waals surface area contributed by atoms with Crippen molar-refractivity contribution in [1.82, 2.24) is 34.9 Å². The third kappa shape index (κ3) is 6.75. The number of piperidine rings is 1. The number of hydrogen-bond acceptors (Lipinski definition) is 9. The van der Waals surface area contributed by atoms with Gasteiger partial charge in [-0.1, -0.05) is 18.2 Å². The maximum atomic E-state index is 14.4. The predicted octanol–water partition coefficient (Wildman–Crippen LogP) is 4.79. The summed E-state index contributed by atoms with van der Waals surface area (Å²) in [4.78, 5) is 55.1. The second-order valence-electron chi connectivity index (χ2n) is 13.5. The number of Topliss-reactive ketones (excluding diaryl/α,β-unsaturated/α-hetero) is 1. The van der Waals surface area contributed by atoms with E-state index in [9.17, 15) is 27.6 Å². The van der Waals surface area contributed by atoms with E-state index in [0.717, 1.165) is 29.2 Å². The van der Waals surface area contributed by atoms with E-state index in [1.165, 1.54) is 22.6 Å².